The molecule has 0 saturated carbocycles. The van der Waals surface area contributed by atoms with Crippen molar-refractivity contribution in [2.75, 3.05) is 0 Å². The van der Waals surface area contributed by atoms with Crippen molar-refractivity contribution in [1.29, 1.82) is 0 Å². The fraction of sp³-hybridized carbons (Fsp3) is 0.216. The van der Waals surface area contributed by atoms with Gasteiger partial charge in [0.15, 0.2) is 11.6 Å². The zero-order valence-electron chi connectivity index (χ0n) is 42.8. The number of aromatic nitrogens is 8. The highest BCUT2D eigenvalue weighted by molar-refractivity contribution is 5.96. The first-order valence-electron chi connectivity index (χ1n) is 23.6. The molecule has 0 aliphatic carbocycles. The van der Waals surface area contributed by atoms with Crippen molar-refractivity contribution in [3.05, 3.63) is 201 Å². The fourth-order valence-corrected chi connectivity index (χ4v) is 8.38. The van der Waals surface area contributed by atoms with E-state index in [-0.39, 0.29) is 46.0 Å². The van der Waals surface area contributed by atoms with Gasteiger partial charge in [0.2, 0.25) is 0 Å². The van der Waals surface area contributed by atoms with Crippen LogP contribution in [0.3, 0.4) is 0 Å². The molecule has 0 atom stereocenters. The number of carbonyl (C=O) groups is 2. The number of benzene rings is 6. The lowest BCUT2D eigenvalue weighted by Crippen LogP contribution is -2.49. The quantitative estimate of drug-likeness (QED) is 0.0777. The number of H-pyrrole nitrogens is 1. The predicted octanol–water partition coefficient (Wildman–Crippen LogP) is 12.2. The van der Waals surface area contributed by atoms with E-state index in [1.165, 1.54) is 19.2 Å². The number of alkyl halides is 18. The van der Waals surface area contributed by atoms with E-state index in [0.29, 0.717) is 24.3 Å². The van der Waals surface area contributed by atoms with Crippen LogP contribution in [0.15, 0.2) is 133 Å². The molecule has 0 fully saturated rings. The summed E-state index contributed by atoms with van der Waals surface area (Å²) >= 11 is 0. The van der Waals surface area contributed by atoms with Crippen LogP contribution in [0.2, 0.25) is 0 Å². The standard InChI is InChI=1S/C26H17F10N5O3.C25H15F10N5O3/c1-41-39-21(38-40-41)13-23(15-4-2-6-17(11-15)43-25(31,32)33,16-5-3-7-18(12-16)44-26(34,35)36)37-22(42)14-8-9-20(27)19(10-14)24(28,29)30;26-19-8-7-13(9-18(19)23(27,28)29)21(41)36-22(12-20-37-39-40-38-20,14-3-1-5-16(10-14)42-24(30,31)32)15-4-2-6-17(11-15)43-25(33,34)35/h2-12H,13H2,1H3,(H,37,42);1-11H,12H2,(H,36,41)(H,37,38,39,40). The monoisotopic (exact) mass is 1260 g/mol. The van der Waals surface area contributed by atoms with Crippen LogP contribution in [0, 0.1) is 11.6 Å². The maximum atomic E-state index is 14.0. The van der Waals surface area contributed by atoms with E-state index >= 15 is 0 Å². The second-order valence-electron chi connectivity index (χ2n) is 17.8. The van der Waals surface area contributed by atoms with Gasteiger partial charge in [0.25, 0.3) is 11.8 Å². The first kappa shape index (κ1) is 64.8. The summed E-state index contributed by atoms with van der Waals surface area (Å²) in [5.41, 5.74) is -10.6. The second kappa shape index (κ2) is 24.7. The summed E-state index contributed by atoms with van der Waals surface area (Å²) in [5, 5.41) is 29.1. The molecule has 16 nitrogen and oxygen atoms in total. The molecule has 2 heterocycles. The summed E-state index contributed by atoms with van der Waals surface area (Å²) < 4.78 is 281. The molecule has 462 valence electrons. The van der Waals surface area contributed by atoms with Crippen molar-refractivity contribution >= 4 is 11.8 Å². The van der Waals surface area contributed by atoms with Crippen LogP contribution >= 0.6 is 0 Å². The highest BCUT2D eigenvalue weighted by atomic mass is 19.4. The molecule has 6 aromatic carbocycles. The maximum Gasteiger partial charge on any atom is 0.573 e. The van der Waals surface area contributed by atoms with E-state index in [0.717, 1.165) is 89.7 Å². The molecule has 0 unspecified atom stereocenters. The second-order valence-corrected chi connectivity index (χ2v) is 17.8. The van der Waals surface area contributed by atoms with Crippen LogP contribution in [-0.4, -0.2) is 78.1 Å². The topological polar surface area (TPSA) is 193 Å². The van der Waals surface area contributed by atoms with Crippen LogP contribution < -0.4 is 29.6 Å². The van der Waals surface area contributed by atoms with Gasteiger partial charge in [0.05, 0.1) is 29.3 Å². The zero-order valence-corrected chi connectivity index (χ0v) is 42.8. The molecule has 0 spiro atoms. The predicted molar refractivity (Wildman–Crippen MR) is 252 cm³/mol. The number of hydrogen-bond acceptors (Lipinski definition) is 12. The van der Waals surface area contributed by atoms with E-state index in [4.69, 9.17) is 0 Å². The SMILES string of the molecule is Cn1nnc(CC(NC(=O)c2ccc(F)c(C(F)(F)F)c2)(c2cccc(OC(F)(F)F)c2)c2cccc(OC(F)(F)F)c2)n1.O=C(NC(Cc1nn[nH]n1)(c1cccc(OC(F)(F)F)c1)c1cccc(OC(F)(F)F)c1)c1ccc(F)c(C(F)(F)F)c1. The van der Waals surface area contributed by atoms with Crippen LogP contribution in [0.4, 0.5) is 87.8 Å². The Kier molecular flexibility index (Phi) is 18.4. The van der Waals surface area contributed by atoms with Crippen LogP contribution in [0.1, 0.15) is 65.7 Å². The van der Waals surface area contributed by atoms with E-state index in [1.54, 1.807) is 0 Å². The van der Waals surface area contributed by atoms with Gasteiger partial charge in [0, 0.05) is 24.0 Å². The molecule has 0 saturated heterocycles. The molecule has 3 N–H and O–H groups in total. The molecule has 8 aromatic rings. The number of nitrogens with zero attached hydrogens (tertiary/aromatic N) is 7. The van der Waals surface area contributed by atoms with Crippen LogP contribution in [0.25, 0.3) is 0 Å². The summed E-state index contributed by atoms with van der Waals surface area (Å²) in [6.45, 7) is 0. The summed E-state index contributed by atoms with van der Waals surface area (Å²) in [6, 6.07) is 18.2. The first-order chi connectivity index (χ1) is 40.3. The molecule has 8 rings (SSSR count). The molecule has 0 radical (unpaired) electrons. The number of hydrogen-bond donors (Lipinski definition) is 3. The number of amides is 2. The minimum Gasteiger partial charge on any atom is -0.406 e. The van der Waals surface area contributed by atoms with Gasteiger partial charge in [-0.25, -0.2) is 8.78 Å². The number of ether oxygens (including phenoxy) is 4. The number of aryl methyl sites for hydroxylation is 1. The summed E-state index contributed by atoms with van der Waals surface area (Å²) in [4.78, 5) is 28.0. The number of halogens is 20. The number of rotatable bonds is 16. The average Bonchev–Trinajstić information content (AvgIpc) is 2.21. The molecular weight excluding hydrogens is 1230 g/mol. The lowest BCUT2D eigenvalue weighted by atomic mass is 9.79. The number of aromatic amines is 1. The summed E-state index contributed by atoms with van der Waals surface area (Å²) in [5.74, 6) is -9.77. The minimum absolute atomic E-state index is 0.191. The Hall–Kier alpha value is -9.80. The fourth-order valence-electron chi connectivity index (χ4n) is 8.38. The van der Waals surface area contributed by atoms with Gasteiger partial charge in [-0.1, -0.05) is 53.7 Å². The lowest BCUT2D eigenvalue weighted by molar-refractivity contribution is -0.275. The van der Waals surface area contributed by atoms with Gasteiger partial charge < -0.3 is 29.6 Å². The van der Waals surface area contributed by atoms with Crippen molar-refractivity contribution in [1.82, 2.24) is 51.5 Å². The van der Waals surface area contributed by atoms with Crippen molar-refractivity contribution in [2.24, 2.45) is 7.05 Å². The first-order valence-corrected chi connectivity index (χ1v) is 23.6. The number of nitrogens with one attached hydrogen (secondary N) is 3. The van der Waals surface area contributed by atoms with E-state index in [2.05, 4.69) is 65.6 Å². The Balaban J connectivity index is 0.000000249. The Labute approximate surface area is 472 Å². The summed E-state index contributed by atoms with van der Waals surface area (Å²) in [6.07, 6.45) is -32.4. The number of tetrazole rings is 2. The summed E-state index contributed by atoms with van der Waals surface area (Å²) in [7, 11) is 1.34. The Bertz CT molecular complexity index is 3600. The van der Waals surface area contributed by atoms with Crippen LogP contribution in [-0.2, 0) is 43.3 Å². The van der Waals surface area contributed by atoms with Crippen molar-refractivity contribution in [2.45, 2.75) is 61.7 Å². The van der Waals surface area contributed by atoms with E-state index in [1.807, 2.05) is 0 Å². The van der Waals surface area contributed by atoms with Gasteiger partial charge in [-0.3, -0.25) is 9.59 Å². The molecular formula is C51H32F20N10O6. The Morgan fingerprint density at radius 2 is 0.793 bits per heavy atom. The zero-order chi connectivity index (χ0) is 64.1. The van der Waals surface area contributed by atoms with Gasteiger partial charge in [-0.15, -0.1) is 73.1 Å². The molecule has 2 amide bonds. The highest BCUT2D eigenvalue weighted by Gasteiger charge is 2.44. The van der Waals surface area contributed by atoms with E-state index < -0.39 is 130 Å². The largest absolute Gasteiger partial charge is 0.573 e. The molecule has 36 heteroatoms. The van der Waals surface area contributed by atoms with E-state index in [9.17, 15) is 97.4 Å². The van der Waals surface area contributed by atoms with Gasteiger partial charge in [-0.2, -0.15) is 36.4 Å². The lowest BCUT2D eigenvalue weighted by Gasteiger charge is -2.36. The third kappa shape index (κ3) is 17.2. The maximum absolute atomic E-state index is 14.0. The molecule has 2 aromatic heterocycles. The van der Waals surface area contributed by atoms with Crippen molar-refractivity contribution in [3.8, 4) is 23.0 Å². The molecule has 0 aliphatic heterocycles. The highest BCUT2D eigenvalue weighted by Crippen LogP contribution is 2.42. The van der Waals surface area contributed by atoms with Gasteiger partial charge in [-0.05, 0) is 112 Å². The van der Waals surface area contributed by atoms with Crippen molar-refractivity contribution in [3.63, 3.8) is 0 Å². The van der Waals surface area contributed by atoms with Gasteiger partial charge >= 0.3 is 37.8 Å². The smallest absolute Gasteiger partial charge is 0.406 e. The Morgan fingerprint density at radius 3 is 1.07 bits per heavy atom. The number of carbonyl (C=O) groups excluding carboxylic acids is 2. The minimum atomic E-state index is -5.21. The normalized spacial score (nSPS) is 12.6. The third-order valence-electron chi connectivity index (χ3n) is 11.7. The Morgan fingerprint density at radius 1 is 0.460 bits per heavy atom. The molecule has 87 heavy (non-hydrogen) atoms. The average molecular weight is 1260 g/mol. The molecule has 0 bridgehead atoms. The van der Waals surface area contributed by atoms with Crippen molar-refractivity contribution < 1.29 is 116 Å². The molecule has 0 aliphatic rings. The van der Waals surface area contributed by atoms with Crippen LogP contribution in [0.5, 0.6) is 23.0 Å². The van der Waals surface area contributed by atoms with Gasteiger partial charge in [0.1, 0.15) is 34.6 Å². The third-order valence-corrected chi connectivity index (χ3v) is 11.7.